The number of fused-ring (bicyclic) bond motifs is 1. The van der Waals surface area contributed by atoms with E-state index in [9.17, 15) is 14.0 Å². The predicted molar refractivity (Wildman–Crippen MR) is 121 cm³/mol. The molecular formula is C21H13Cl2FN4O2S. The molecule has 0 fully saturated rings. The van der Waals surface area contributed by atoms with Crippen LogP contribution in [0.25, 0.3) is 16.6 Å². The lowest BCUT2D eigenvalue weighted by Crippen LogP contribution is -2.23. The van der Waals surface area contributed by atoms with Crippen LogP contribution in [-0.4, -0.2) is 26.2 Å². The molecule has 0 unspecified atom stereocenters. The number of aromatic nitrogens is 3. The first-order chi connectivity index (χ1) is 14.9. The molecule has 0 aliphatic carbocycles. The summed E-state index contributed by atoms with van der Waals surface area (Å²) in [4.78, 5) is 34.1. The number of benzene rings is 2. The first-order valence-electron chi connectivity index (χ1n) is 8.94. The van der Waals surface area contributed by atoms with Crippen molar-refractivity contribution in [1.29, 1.82) is 0 Å². The Hall–Kier alpha value is -2.94. The van der Waals surface area contributed by atoms with Crippen LogP contribution in [0.15, 0.2) is 70.7 Å². The second-order valence-electron chi connectivity index (χ2n) is 6.35. The predicted octanol–water partition coefficient (Wildman–Crippen LogP) is 4.96. The van der Waals surface area contributed by atoms with E-state index >= 15 is 0 Å². The molecule has 2 aromatic heterocycles. The summed E-state index contributed by atoms with van der Waals surface area (Å²) in [6, 6.07) is 13.8. The Balaban J connectivity index is 1.66. The van der Waals surface area contributed by atoms with Crippen LogP contribution in [-0.2, 0) is 4.79 Å². The van der Waals surface area contributed by atoms with E-state index in [1.54, 1.807) is 24.3 Å². The maximum absolute atomic E-state index is 13.4. The van der Waals surface area contributed by atoms with E-state index in [0.29, 0.717) is 26.8 Å². The molecule has 1 N–H and O–H groups in total. The number of anilines is 1. The van der Waals surface area contributed by atoms with Crippen LogP contribution in [0.1, 0.15) is 0 Å². The molecule has 6 nitrogen and oxygen atoms in total. The van der Waals surface area contributed by atoms with Crippen molar-refractivity contribution in [2.45, 2.75) is 5.16 Å². The second kappa shape index (κ2) is 9.05. The first kappa shape index (κ1) is 21.3. The molecule has 0 bridgehead atoms. The van der Waals surface area contributed by atoms with Crippen molar-refractivity contribution in [2.75, 3.05) is 11.1 Å². The molecule has 0 saturated carbocycles. The number of thioether (sulfide) groups is 1. The summed E-state index contributed by atoms with van der Waals surface area (Å²) >= 11 is 12.9. The van der Waals surface area contributed by atoms with Crippen molar-refractivity contribution in [2.24, 2.45) is 0 Å². The van der Waals surface area contributed by atoms with Crippen LogP contribution in [0.2, 0.25) is 10.0 Å². The third kappa shape index (κ3) is 4.71. The lowest BCUT2D eigenvalue weighted by molar-refractivity contribution is -0.113. The van der Waals surface area contributed by atoms with Crippen LogP contribution in [0.4, 0.5) is 10.2 Å². The van der Waals surface area contributed by atoms with E-state index in [1.807, 2.05) is 0 Å². The molecule has 31 heavy (non-hydrogen) atoms. The van der Waals surface area contributed by atoms with Crippen molar-refractivity contribution in [3.05, 3.63) is 87.0 Å². The molecule has 156 valence electrons. The van der Waals surface area contributed by atoms with Crippen molar-refractivity contribution < 1.29 is 9.18 Å². The van der Waals surface area contributed by atoms with E-state index in [2.05, 4.69) is 15.3 Å². The molecule has 0 aliphatic rings. The second-order valence-corrected chi connectivity index (χ2v) is 8.14. The van der Waals surface area contributed by atoms with E-state index in [1.165, 1.54) is 41.1 Å². The highest BCUT2D eigenvalue weighted by atomic mass is 35.5. The maximum atomic E-state index is 13.4. The summed E-state index contributed by atoms with van der Waals surface area (Å²) in [5.41, 5.74) is 0.619. The first-order valence-corrected chi connectivity index (χ1v) is 10.7. The van der Waals surface area contributed by atoms with Crippen LogP contribution < -0.4 is 10.9 Å². The molecule has 0 spiro atoms. The lowest BCUT2D eigenvalue weighted by Gasteiger charge is -2.13. The number of hydrogen-bond donors (Lipinski definition) is 1. The highest BCUT2D eigenvalue weighted by Gasteiger charge is 2.16. The standard InChI is InChI=1S/C21H13Cl2FN4O2S/c22-12-9-16(23)19(25-10-12)27-18(29)11-31-21-26-17-4-2-1-3-15(17)20(30)28(21)14-7-5-13(24)6-8-14/h1-10H,11H2,(H,25,27,29). The number of halogens is 3. The van der Waals surface area contributed by atoms with E-state index in [-0.39, 0.29) is 22.2 Å². The lowest BCUT2D eigenvalue weighted by atomic mass is 10.2. The van der Waals surface area contributed by atoms with E-state index in [4.69, 9.17) is 23.2 Å². The minimum Gasteiger partial charge on any atom is -0.309 e. The van der Waals surface area contributed by atoms with E-state index in [0.717, 1.165) is 11.8 Å². The monoisotopic (exact) mass is 474 g/mol. The van der Waals surface area contributed by atoms with Crippen molar-refractivity contribution in [3.63, 3.8) is 0 Å². The quantitative estimate of drug-likeness (QED) is 0.326. The Labute approximate surface area is 190 Å². The summed E-state index contributed by atoms with van der Waals surface area (Å²) in [7, 11) is 0. The van der Waals surface area contributed by atoms with Gasteiger partial charge in [-0.2, -0.15) is 0 Å². The molecule has 0 saturated heterocycles. The fourth-order valence-electron chi connectivity index (χ4n) is 2.83. The summed E-state index contributed by atoms with van der Waals surface area (Å²) in [5, 5.41) is 3.86. The highest BCUT2D eigenvalue weighted by molar-refractivity contribution is 7.99. The Morgan fingerprint density at radius 2 is 1.87 bits per heavy atom. The van der Waals surface area contributed by atoms with Gasteiger partial charge in [0.15, 0.2) is 11.0 Å². The number of nitrogens with one attached hydrogen (secondary N) is 1. The summed E-state index contributed by atoms with van der Waals surface area (Å²) in [6.07, 6.45) is 1.37. The number of para-hydroxylation sites is 1. The average molecular weight is 475 g/mol. The number of hydrogen-bond acceptors (Lipinski definition) is 5. The third-order valence-corrected chi connectivity index (χ3v) is 5.66. The van der Waals surface area contributed by atoms with Crippen molar-refractivity contribution >= 4 is 57.6 Å². The molecular weight excluding hydrogens is 462 g/mol. The van der Waals surface area contributed by atoms with Gasteiger partial charge in [-0.3, -0.25) is 14.2 Å². The van der Waals surface area contributed by atoms with Gasteiger partial charge in [-0.05, 0) is 42.5 Å². The molecule has 0 aliphatic heterocycles. The molecule has 1 amide bonds. The van der Waals surface area contributed by atoms with Gasteiger partial charge in [-0.25, -0.2) is 14.4 Å². The third-order valence-electron chi connectivity index (χ3n) is 4.23. The van der Waals surface area contributed by atoms with Gasteiger partial charge >= 0.3 is 0 Å². The summed E-state index contributed by atoms with van der Waals surface area (Å²) < 4.78 is 14.7. The van der Waals surface area contributed by atoms with Gasteiger partial charge in [0.2, 0.25) is 5.91 Å². The van der Waals surface area contributed by atoms with Gasteiger partial charge in [-0.1, -0.05) is 47.1 Å². The largest absolute Gasteiger partial charge is 0.309 e. The number of rotatable bonds is 5. The van der Waals surface area contributed by atoms with Gasteiger partial charge < -0.3 is 5.32 Å². The normalized spacial score (nSPS) is 10.9. The van der Waals surface area contributed by atoms with Crippen LogP contribution in [0.3, 0.4) is 0 Å². The molecule has 10 heteroatoms. The fourth-order valence-corrected chi connectivity index (χ4v) is 4.07. The van der Waals surface area contributed by atoms with Crippen LogP contribution >= 0.6 is 35.0 Å². The van der Waals surface area contributed by atoms with Gasteiger partial charge in [0.25, 0.3) is 5.56 Å². The van der Waals surface area contributed by atoms with Crippen molar-refractivity contribution in [3.8, 4) is 5.69 Å². The molecule has 2 heterocycles. The number of carbonyl (C=O) groups excluding carboxylic acids is 1. The van der Waals surface area contributed by atoms with Gasteiger partial charge in [0.05, 0.1) is 32.4 Å². The Morgan fingerprint density at radius 3 is 2.61 bits per heavy atom. The Morgan fingerprint density at radius 1 is 1.13 bits per heavy atom. The minimum absolute atomic E-state index is 0.0629. The van der Waals surface area contributed by atoms with Crippen LogP contribution in [0.5, 0.6) is 0 Å². The molecule has 0 atom stereocenters. The average Bonchev–Trinajstić information content (AvgIpc) is 2.75. The fraction of sp³-hybridized carbons (Fsp3) is 0.0476. The van der Waals surface area contributed by atoms with Gasteiger partial charge in [0.1, 0.15) is 5.82 Å². The highest BCUT2D eigenvalue weighted by Crippen LogP contribution is 2.24. The molecule has 0 radical (unpaired) electrons. The summed E-state index contributed by atoms with van der Waals surface area (Å²) in [6.45, 7) is 0. The number of nitrogens with zero attached hydrogens (tertiary/aromatic N) is 3. The minimum atomic E-state index is -0.425. The number of pyridine rings is 1. The molecule has 4 rings (SSSR count). The van der Waals surface area contributed by atoms with E-state index < -0.39 is 11.7 Å². The zero-order chi connectivity index (χ0) is 22.0. The zero-order valence-electron chi connectivity index (χ0n) is 15.7. The Kier molecular flexibility index (Phi) is 6.22. The number of amides is 1. The van der Waals surface area contributed by atoms with Gasteiger partial charge in [0, 0.05) is 6.20 Å². The SMILES string of the molecule is O=C(CSc1nc2ccccc2c(=O)n1-c1ccc(F)cc1)Nc1ncc(Cl)cc1Cl. The van der Waals surface area contributed by atoms with Crippen molar-refractivity contribution in [1.82, 2.24) is 14.5 Å². The smallest absolute Gasteiger partial charge is 0.266 e. The Bertz CT molecular complexity index is 1350. The molecule has 2 aromatic carbocycles. The number of carbonyl (C=O) groups is 1. The topological polar surface area (TPSA) is 76.9 Å². The van der Waals surface area contributed by atoms with Gasteiger partial charge in [-0.15, -0.1) is 0 Å². The zero-order valence-corrected chi connectivity index (χ0v) is 18.0. The maximum Gasteiger partial charge on any atom is 0.266 e. The van der Waals surface area contributed by atoms with Crippen LogP contribution in [0, 0.1) is 5.82 Å². The summed E-state index contributed by atoms with van der Waals surface area (Å²) in [5.74, 6) is -0.701. The molecule has 4 aromatic rings.